The maximum atomic E-state index is 14.6. The summed E-state index contributed by atoms with van der Waals surface area (Å²) < 4.78 is 14.6. The van der Waals surface area contributed by atoms with Crippen molar-refractivity contribution >= 4 is 23.4 Å². The highest BCUT2D eigenvalue weighted by Crippen LogP contribution is 2.31. The molecular weight excluding hydrogens is 347 g/mol. The second-order valence-electron chi connectivity index (χ2n) is 6.60. The van der Waals surface area contributed by atoms with Crippen LogP contribution in [0, 0.1) is 0 Å². The van der Waals surface area contributed by atoms with Crippen molar-refractivity contribution in [3.05, 3.63) is 77.4 Å². The Labute approximate surface area is 155 Å². The first-order valence-electron chi connectivity index (χ1n) is 8.68. The van der Waals surface area contributed by atoms with E-state index in [0.29, 0.717) is 28.0 Å². The summed E-state index contributed by atoms with van der Waals surface area (Å²) in [7, 11) is 0. The lowest BCUT2D eigenvalue weighted by molar-refractivity contribution is 0.0630. The molecule has 2 aliphatic heterocycles. The van der Waals surface area contributed by atoms with E-state index < -0.39 is 18.0 Å². The average Bonchev–Trinajstić information content (AvgIpc) is 3.07. The zero-order chi connectivity index (χ0) is 19.1. The SMILES string of the molecule is C=C1c2ccccc2C(=O)N1CC(F)CCN1C(=O)c2ccccc2C1=O. The number of carbonyl (C=O) groups excluding carboxylic acids is 3. The first kappa shape index (κ1) is 17.1. The zero-order valence-corrected chi connectivity index (χ0v) is 14.5. The summed E-state index contributed by atoms with van der Waals surface area (Å²) in [6, 6.07) is 13.6. The molecule has 2 aromatic carbocycles. The second-order valence-corrected chi connectivity index (χ2v) is 6.60. The first-order chi connectivity index (χ1) is 13.0. The van der Waals surface area contributed by atoms with Crippen molar-refractivity contribution < 1.29 is 18.8 Å². The Morgan fingerprint density at radius 3 is 1.74 bits per heavy atom. The van der Waals surface area contributed by atoms with Crippen LogP contribution >= 0.6 is 0 Å². The molecule has 6 heteroatoms. The number of alkyl halides is 1. The Hall–Kier alpha value is -3.28. The van der Waals surface area contributed by atoms with Crippen LogP contribution in [0.4, 0.5) is 4.39 Å². The highest BCUT2D eigenvalue weighted by atomic mass is 19.1. The fourth-order valence-corrected chi connectivity index (χ4v) is 3.53. The monoisotopic (exact) mass is 364 g/mol. The van der Waals surface area contributed by atoms with Gasteiger partial charge in [0.25, 0.3) is 17.7 Å². The molecule has 2 heterocycles. The minimum atomic E-state index is -1.38. The molecule has 1 atom stereocenters. The summed E-state index contributed by atoms with van der Waals surface area (Å²) in [5.74, 6) is -1.09. The van der Waals surface area contributed by atoms with Crippen LogP contribution in [-0.4, -0.2) is 46.8 Å². The van der Waals surface area contributed by atoms with Crippen molar-refractivity contribution in [3.8, 4) is 0 Å². The summed E-state index contributed by atoms with van der Waals surface area (Å²) in [6.45, 7) is 3.70. The minimum absolute atomic E-state index is 0.0328. The number of hydrogen-bond acceptors (Lipinski definition) is 3. The largest absolute Gasteiger partial charge is 0.305 e. The van der Waals surface area contributed by atoms with Crippen molar-refractivity contribution in [1.29, 1.82) is 0 Å². The van der Waals surface area contributed by atoms with Gasteiger partial charge in [-0.05, 0) is 24.6 Å². The average molecular weight is 364 g/mol. The molecule has 1 unspecified atom stereocenters. The van der Waals surface area contributed by atoms with E-state index in [1.165, 1.54) is 4.90 Å². The van der Waals surface area contributed by atoms with Gasteiger partial charge in [-0.25, -0.2) is 4.39 Å². The standard InChI is InChI=1S/C21H17FN2O3/c1-13-15-6-2-3-7-16(15)21(27)24(13)12-14(22)10-11-23-19(25)17-8-4-5-9-18(17)20(23)26/h2-9,14H,1,10-12H2. The lowest BCUT2D eigenvalue weighted by Gasteiger charge is -2.21. The third-order valence-electron chi connectivity index (χ3n) is 4.96. The number of benzene rings is 2. The fraction of sp³-hybridized carbons (Fsp3) is 0.190. The molecule has 27 heavy (non-hydrogen) atoms. The molecule has 0 N–H and O–H groups in total. The van der Waals surface area contributed by atoms with Crippen LogP contribution in [0.15, 0.2) is 55.1 Å². The quantitative estimate of drug-likeness (QED) is 0.766. The van der Waals surface area contributed by atoms with E-state index in [0.717, 1.165) is 4.90 Å². The van der Waals surface area contributed by atoms with Gasteiger partial charge in [0.15, 0.2) is 0 Å². The van der Waals surface area contributed by atoms with Crippen LogP contribution in [0.1, 0.15) is 43.1 Å². The maximum absolute atomic E-state index is 14.6. The van der Waals surface area contributed by atoms with E-state index in [9.17, 15) is 18.8 Å². The molecule has 0 spiro atoms. The Morgan fingerprint density at radius 1 is 0.778 bits per heavy atom. The maximum Gasteiger partial charge on any atom is 0.261 e. The Kier molecular flexibility index (Phi) is 4.11. The van der Waals surface area contributed by atoms with Crippen LogP contribution in [-0.2, 0) is 0 Å². The van der Waals surface area contributed by atoms with Gasteiger partial charge in [-0.3, -0.25) is 19.3 Å². The summed E-state index contributed by atoms with van der Waals surface area (Å²) in [6.07, 6.45) is -1.43. The topological polar surface area (TPSA) is 57.7 Å². The Balaban J connectivity index is 1.40. The zero-order valence-electron chi connectivity index (χ0n) is 14.5. The van der Waals surface area contributed by atoms with Gasteiger partial charge in [-0.2, -0.15) is 0 Å². The highest BCUT2D eigenvalue weighted by molar-refractivity contribution is 6.21. The van der Waals surface area contributed by atoms with Gasteiger partial charge in [0, 0.05) is 23.4 Å². The number of rotatable bonds is 5. The van der Waals surface area contributed by atoms with Crippen molar-refractivity contribution in [1.82, 2.24) is 9.80 Å². The molecule has 4 rings (SSSR count). The molecule has 136 valence electrons. The van der Waals surface area contributed by atoms with Crippen LogP contribution in [0.25, 0.3) is 5.70 Å². The van der Waals surface area contributed by atoms with E-state index >= 15 is 0 Å². The number of amides is 3. The molecule has 0 fully saturated rings. The van der Waals surface area contributed by atoms with E-state index in [2.05, 4.69) is 6.58 Å². The predicted molar refractivity (Wildman–Crippen MR) is 97.8 cm³/mol. The van der Waals surface area contributed by atoms with E-state index in [1.807, 2.05) is 0 Å². The van der Waals surface area contributed by atoms with Crippen LogP contribution in [0.5, 0.6) is 0 Å². The summed E-state index contributed by atoms with van der Waals surface area (Å²) in [5.41, 5.74) is 2.37. The predicted octanol–water partition coefficient (Wildman–Crippen LogP) is 3.14. The van der Waals surface area contributed by atoms with Gasteiger partial charge in [-0.1, -0.05) is 36.9 Å². The van der Waals surface area contributed by atoms with Crippen molar-refractivity contribution in [2.75, 3.05) is 13.1 Å². The summed E-state index contributed by atoms with van der Waals surface area (Å²) in [5, 5.41) is 0. The molecule has 0 radical (unpaired) electrons. The van der Waals surface area contributed by atoms with Gasteiger partial charge in [-0.15, -0.1) is 0 Å². The lowest BCUT2D eigenvalue weighted by Crippen LogP contribution is -2.35. The molecule has 0 aliphatic carbocycles. The van der Waals surface area contributed by atoms with Gasteiger partial charge in [0.05, 0.1) is 17.7 Å². The third kappa shape index (κ3) is 2.73. The minimum Gasteiger partial charge on any atom is -0.305 e. The smallest absolute Gasteiger partial charge is 0.261 e. The molecule has 3 amide bonds. The molecule has 5 nitrogen and oxygen atoms in total. The molecule has 0 bridgehead atoms. The van der Waals surface area contributed by atoms with Gasteiger partial charge < -0.3 is 4.90 Å². The van der Waals surface area contributed by atoms with E-state index in [1.54, 1.807) is 48.5 Å². The van der Waals surface area contributed by atoms with Crippen molar-refractivity contribution in [2.45, 2.75) is 12.6 Å². The van der Waals surface area contributed by atoms with Crippen LogP contribution in [0.3, 0.4) is 0 Å². The summed E-state index contributed by atoms with van der Waals surface area (Å²) in [4.78, 5) is 39.5. The first-order valence-corrected chi connectivity index (χ1v) is 8.68. The molecule has 0 aromatic heterocycles. The van der Waals surface area contributed by atoms with Gasteiger partial charge >= 0.3 is 0 Å². The second kappa shape index (κ2) is 6.46. The Morgan fingerprint density at radius 2 is 1.22 bits per heavy atom. The van der Waals surface area contributed by atoms with Crippen LogP contribution < -0.4 is 0 Å². The van der Waals surface area contributed by atoms with Crippen molar-refractivity contribution in [3.63, 3.8) is 0 Å². The molecular formula is C21H17FN2O3. The number of hydrogen-bond donors (Lipinski definition) is 0. The highest BCUT2D eigenvalue weighted by Gasteiger charge is 2.36. The number of halogens is 1. The Bertz CT molecular complexity index is 915. The van der Waals surface area contributed by atoms with E-state index in [-0.39, 0.29) is 25.4 Å². The third-order valence-corrected chi connectivity index (χ3v) is 4.96. The number of nitrogens with zero attached hydrogens (tertiary/aromatic N) is 2. The molecule has 2 aromatic rings. The van der Waals surface area contributed by atoms with Gasteiger partial charge in [0.1, 0.15) is 6.17 Å². The fourth-order valence-electron chi connectivity index (χ4n) is 3.53. The van der Waals surface area contributed by atoms with Gasteiger partial charge in [0.2, 0.25) is 0 Å². The normalized spacial score (nSPS) is 16.8. The number of carbonyl (C=O) groups is 3. The lowest BCUT2D eigenvalue weighted by atomic mass is 10.1. The number of fused-ring (bicyclic) bond motifs is 2. The number of imide groups is 1. The van der Waals surface area contributed by atoms with Crippen molar-refractivity contribution in [2.24, 2.45) is 0 Å². The van der Waals surface area contributed by atoms with E-state index in [4.69, 9.17) is 0 Å². The summed E-state index contributed by atoms with van der Waals surface area (Å²) >= 11 is 0. The van der Waals surface area contributed by atoms with Crippen LogP contribution in [0.2, 0.25) is 0 Å². The molecule has 2 aliphatic rings. The molecule has 0 saturated carbocycles. The molecule has 0 saturated heterocycles.